The predicted molar refractivity (Wildman–Crippen MR) is 17.9 cm³/mol. The zero-order chi connectivity index (χ0) is 6.62. The van der Waals surface area contributed by atoms with Gasteiger partial charge in [-0.05, 0) is 0 Å². The third kappa shape index (κ3) is 6.37. The molecule has 0 N–H and O–H groups in total. The fourth-order valence-electron chi connectivity index (χ4n) is 0.218. The van der Waals surface area contributed by atoms with E-state index in [9.17, 15) is 13.2 Å². The molecule has 0 saturated carbocycles. The summed E-state index contributed by atoms with van der Waals surface area (Å²) in [6, 6.07) is 0. The molecule has 0 amide bonds. The molecule has 0 aliphatic rings. The summed E-state index contributed by atoms with van der Waals surface area (Å²) in [6.45, 7) is -1.05. The standard InChI is InChI=1S/C2H2F3O.CH3.Zn/c3-2(4,5)1-6;;/h1H2;1H3;/q-1;;+1. The summed E-state index contributed by atoms with van der Waals surface area (Å²) in [5, 5.41) is 0. The van der Waals surface area contributed by atoms with Crippen molar-refractivity contribution in [2.45, 2.75) is 11.7 Å². The molecule has 0 heterocycles. The van der Waals surface area contributed by atoms with Crippen LogP contribution in [0.5, 0.6) is 0 Å². The van der Waals surface area contributed by atoms with Crippen molar-refractivity contribution in [3.05, 3.63) is 0 Å². The zero-order valence-corrected chi connectivity index (χ0v) is 7.42. The van der Waals surface area contributed by atoms with Crippen molar-refractivity contribution >= 4 is 0 Å². The SMILES string of the molecule is [CH3][Zn][O]CC(F)(F)F. The van der Waals surface area contributed by atoms with Gasteiger partial charge in [0.15, 0.2) is 0 Å². The van der Waals surface area contributed by atoms with Crippen LogP contribution in [0.3, 0.4) is 0 Å². The Kier molecular flexibility index (Phi) is 3.57. The van der Waals surface area contributed by atoms with Gasteiger partial charge in [-0.2, -0.15) is 0 Å². The van der Waals surface area contributed by atoms with Gasteiger partial charge in [0.25, 0.3) is 0 Å². The molecule has 0 spiro atoms. The average molecular weight is 179 g/mol. The van der Waals surface area contributed by atoms with Crippen LogP contribution in [0.1, 0.15) is 0 Å². The van der Waals surface area contributed by atoms with E-state index in [0.29, 0.717) is 0 Å². The van der Waals surface area contributed by atoms with Crippen molar-refractivity contribution in [3.63, 3.8) is 0 Å². The van der Waals surface area contributed by atoms with E-state index >= 15 is 0 Å². The Morgan fingerprint density at radius 1 is 1.50 bits per heavy atom. The van der Waals surface area contributed by atoms with Gasteiger partial charge in [0.2, 0.25) is 0 Å². The van der Waals surface area contributed by atoms with Crippen molar-refractivity contribution in [2.24, 2.45) is 0 Å². The van der Waals surface area contributed by atoms with Gasteiger partial charge in [0, 0.05) is 0 Å². The van der Waals surface area contributed by atoms with E-state index in [1.807, 2.05) is 0 Å². The maximum atomic E-state index is 11.1. The van der Waals surface area contributed by atoms with Crippen molar-refractivity contribution < 1.29 is 34.2 Å². The second kappa shape index (κ2) is 3.41. The molecule has 0 radical (unpaired) electrons. The van der Waals surface area contributed by atoms with Crippen molar-refractivity contribution in [3.8, 4) is 0 Å². The second-order valence-electron chi connectivity index (χ2n) is 1.25. The normalized spacial score (nSPS) is 11.0. The Morgan fingerprint density at radius 2 is 2.00 bits per heavy atom. The monoisotopic (exact) mass is 178 g/mol. The van der Waals surface area contributed by atoms with E-state index in [4.69, 9.17) is 0 Å². The molecule has 0 aromatic rings. The van der Waals surface area contributed by atoms with Crippen LogP contribution in [-0.2, 0) is 21.1 Å². The van der Waals surface area contributed by atoms with Gasteiger partial charge in [-0.15, -0.1) is 0 Å². The first kappa shape index (κ1) is 8.37. The van der Waals surface area contributed by atoms with Gasteiger partial charge in [-0.1, -0.05) is 0 Å². The van der Waals surface area contributed by atoms with Crippen molar-refractivity contribution in [1.29, 1.82) is 0 Å². The van der Waals surface area contributed by atoms with Crippen LogP contribution in [0, 0.1) is 0 Å². The van der Waals surface area contributed by atoms with Gasteiger partial charge in [-0.3, -0.25) is 0 Å². The van der Waals surface area contributed by atoms with E-state index < -0.39 is 30.3 Å². The van der Waals surface area contributed by atoms with Gasteiger partial charge in [0.05, 0.1) is 0 Å². The quantitative estimate of drug-likeness (QED) is 0.585. The number of hydrogen-bond donors (Lipinski definition) is 0. The fraction of sp³-hybridized carbons (Fsp3) is 1.00. The maximum absolute atomic E-state index is 11.1. The van der Waals surface area contributed by atoms with Gasteiger partial charge < -0.3 is 0 Å². The minimum absolute atomic E-state index is 1.05. The van der Waals surface area contributed by atoms with E-state index in [1.165, 1.54) is 0 Å². The van der Waals surface area contributed by atoms with Crippen molar-refractivity contribution in [2.75, 3.05) is 6.61 Å². The second-order valence-corrected chi connectivity index (χ2v) is 3.32. The van der Waals surface area contributed by atoms with Crippen LogP contribution in [0.2, 0.25) is 5.52 Å². The molecule has 0 atom stereocenters. The van der Waals surface area contributed by atoms with E-state index in [-0.39, 0.29) is 0 Å². The zero-order valence-electron chi connectivity index (χ0n) is 4.46. The molecule has 0 aromatic heterocycles. The molecule has 0 aliphatic heterocycles. The number of rotatable bonds is 2. The molecule has 0 bridgehead atoms. The summed E-state index contributed by atoms with van der Waals surface area (Å²) in [7, 11) is 0. The van der Waals surface area contributed by atoms with Crippen LogP contribution in [-0.4, -0.2) is 12.8 Å². The Morgan fingerprint density at radius 3 is 2.12 bits per heavy atom. The topological polar surface area (TPSA) is 9.23 Å². The van der Waals surface area contributed by atoms with Crippen LogP contribution >= 0.6 is 0 Å². The average Bonchev–Trinajstić information content (AvgIpc) is 1.59. The molecule has 8 heavy (non-hydrogen) atoms. The summed E-state index contributed by atoms with van der Waals surface area (Å²) in [4.78, 5) is 0. The summed E-state index contributed by atoms with van der Waals surface area (Å²) < 4.78 is 37.7. The van der Waals surface area contributed by atoms with Crippen LogP contribution in [0.4, 0.5) is 13.2 Å². The molecule has 0 unspecified atom stereocenters. The molecule has 0 saturated heterocycles. The molecule has 5 heteroatoms. The third-order valence-corrected chi connectivity index (χ3v) is 1.75. The van der Waals surface area contributed by atoms with E-state index in [2.05, 4.69) is 3.56 Å². The van der Waals surface area contributed by atoms with Crippen molar-refractivity contribution in [1.82, 2.24) is 0 Å². The molecule has 0 aromatic carbocycles. The number of alkyl halides is 3. The summed E-state index contributed by atoms with van der Waals surface area (Å²) >= 11 is -1.23. The Labute approximate surface area is 53.2 Å². The number of halogens is 3. The minimum atomic E-state index is -4.12. The molecular weight excluding hydrogens is 174 g/mol. The summed E-state index contributed by atoms with van der Waals surface area (Å²) in [6.07, 6.45) is -4.12. The number of hydrogen-bond acceptors (Lipinski definition) is 1. The molecule has 1 nitrogen and oxygen atoms in total. The van der Waals surface area contributed by atoms with Crippen LogP contribution in [0.15, 0.2) is 0 Å². The van der Waals surface area contributed by atoms with E-state index in [1.54, 1.807) is 5.52 Å². The molecule has 0 rings (SSSR count). The summed E-state index contributed by atoms with van der Waals surface area (Å²) in [5.41, 5.74) is 1.71. The fourth-order valence-corrected chi connectivity index (χ4v) is 1.13. The first-order chi connectivity index (χ1) is 3.56. The first-order valence-corrected chi connectivity index (χ1v) is 6.38. The Balaban J connectivity index is 3.11. The Bertz CT molecular complexity index is 62.0. The Hall–Kier alpha value is 0.373. The van der Waals surface area contributed by atoms with Gasteiger partial charge >= 0.3 is 52.5 Å². The van der Waals surface area contributed by atoms with Gasteiger partial charge in [-0.25, -0.2) is 0 Å². The summed E-state index contributed by atoms with van der Waals surface area (Å²) in [5.74, 6) is 0. The predicted octanol–water partition coefficient (Wildman–Crippen LogP) is 1.61. The first-order valence-electron chi connectivity index (χ1n) is 2.20. The third-order valence-electron chi connectivity index (χ3n) is 0.470. The molecule has 46 valence electrons. The molecule has 0 fully saturated rings. The molecular formula is C3H5F3OZn. The molecule has 0 aliphatic carbocycles. The van der Waals surface area contributed by atoms with Gasteiger partial charge in [0.1, 0.15) is 0 Å². The van der Waals surface area contributed by atoms with Crippen LogP contribution < -0.4 is 0 Å². The van der Waals surface area contributed by atoms with Crippen LogP contribution in [0.25, 0.3) is 0 Å². The van der Waals surface area contributed by atoms with E-state index in [0.717, 1.165) is 0 Å².